The molecule has 0 aromatic heterocycles. The molecule has 0 bridgehead atoms. The summed E-state index contributed by atoms with van der Waals surface area (Å²) < 4.78 is 10.9. The minimum absolute atomic E-state index is 0.184. The first-order valence-corrected chi connectivity index (χ1v) is 6.57. The van der Waals surface area contributed by atoms with E-state index in [-0.39, 0.29) is 11.5 Å². The molecule has 0 N–H and O–H groups in total. The van der Waals surface area contributed by atoms with Gasteiger partial charge in [0.2, 0.25) is 0 Å². The van der Waals surface area contributed by atoms with Gasteiger partial charge in [-0.2, -0.15) is 0 Å². The Kier molecular flexibility index (Phi) is 7.25. The summed E-state index contributed by atoms with van der Waals surface area (Å²) in [5.41, 5.74) is 0.893. The van der Waals surface area contributed by atoms with Gasteiger partial charge in [-0.05, 0) is 12.0 Å². The van der Waals surface area contributed by atoms with Gasteiger partial charge in [0.05, 0.1) is 13.2 Å². The van der Waals surface area contributed by atoms with Crippen molar-refractivity contribution >= 4 is 11.6 Å². The Hall–Kier alpha value is -0.570. The highest BCUT2D eigenvalue weighted by molar-refractivity contribution is 6.20. The first kappa shape index (κ1) is 14.5. The molecule has 0 amide bonds. The van der Waals surface area contributed by atoms with Gasteiger partial charge in [-0.1, -0.05) is 55.8 Å². The number of halogens is 1. The molecule has 3 heteroatoms. The van der Waals surface area contributed by atoms with Crippen molar-refractivity contribution in [2.24, 2.45) is 0 Å². The number of hydrogen-bond donors (Lipinski definition) is 0. The molecule has 0 heterocycles. The van der Waals surface area contributed by atoms with Gasteiger partial charge < -0.3 is 9.47 Å². The molecule has 0 saturated heterocycles. The van der Waals surface area contributed by atoms with Gasteiger partial charge in [-0.15, -0.1) is 0 Å². The lowest BCUT2D eigenvalue weighted by molar-refractivity contribution is 0.0283. The van der Waals surface area contributed by atoms with E-state index in [4.69, 9.17) is 21.1 Å². The van der Waals surface area contributed by atoms with Gasteiger partial charge in [0.1, 0.15) is 5.56 Å². The molecule has 0 aliphatic carbocycles. The maximum Gasteiger partial charge on any atom is 0.137 e. The summed E-state index contributed by atoms with van der Waals surface area (Å²) in [7, 11) is 0. The Bertz CT molecular complexity index is 290. The Balaban J connectivity index is 2.25. The fraction of sp³-hybridized carbons (Fsp3) is 0.571. The third kappa shape index (κ3) is 5.53. The lowest BCUT2D eigenvalue weighted by Crippen LogP contribution is -2.17. The number of alkyl halides is 1. The summed E-state index contributed by atoms with van der Waals surface area (Å²) in [4.78, 5) is 0. The van der Waals surface area contributed by atoms with E-state index in [1.807, 2.05) is 18.2 Å². The molecule has 2 nitrogen and oxygen atoms in total. The van der Waals surface area contributed by atoms with Gasteiger partial charge >= 0.3 is 0 Å². The highest BCUT2D eigenvalue weighted by atomic mass is 35.5. The van der Waals surface area contributed by atoms with E-state index in [1.54, 1.807) is 0 Å². The Labute approximate surface area is 109 Å². The van der Waals surface area contributed by atoms with Crippen molar-refractivity contribution in [2.45, 2.75) is 31.7 Å². The molecule has 2 atom stereocenters. The molecular weight excluding hydrogens is 236 g/mol. The van der Waals surface area contributed by atoms with Crippen molar-refractivity contribution in [3.63, 3.8) is 0 Å². The number of benzene rings is 1. The van der Waals surface area contributed by atoms with E-state index in [1.165, 1.54) is 5.56 Å². The highest BCUT2D eigenvalue weighted by Crippen LogP contribution is 2.23. The summed E-state index contributed by atoms with van der Waals surface area (Å²) in [5.74, 6) is 0.184. The maximum absolute atomic E-state index is 6.20. The predicted octanol–water partition coefficient (Wildman–Crippen LogP) is 3.80. The average molecular weight is 257 g/mol. The predicted molar refractivity (Wildman–Crippen MR) is 71.6 cm³/mol. The van der Waals surface area contributed by atoms with Crippen molar-refractivity contribution in [2.75, 3.05) is 19.8 Å². The molecule has 0 saturated carbocycles. The fourth-order valence-corrected chi connectivity index (χ4v) is 1.75. The summed E-state index contributed by atoms with van der Waals surface area (Å²) in [6, 6.07) is 10.2. The topological polar surface area (TPSA) is 18.5 Å². The van der Waals surface area contributed by atoms with Crippen LogP contribution >= 0.6 is 11.6 Å². The van der Waals surface area contributed by atoms with E-state index in [0.717, 1.165) is 13.0 Å². The van der Waals surface area contributed by atoms with Crippen molar-refractivity contribution in [1.82, 2.24) is 0 Å². The molecule has 1 aromatic rings. The van der Waals surface area contributed by atoms with Crippen LogP contribution in [0.5, 0.6) is 0 Å². The van der Waals surface area contributed by atoms with E-state index in [9.17, 15) is 0 Å². The van der Waals surface area contributed by atoms with Gasteiger partial charge in [0.15, 0.2) is 0 Å². The minimum Gasteiger partial charge on any atom is -0.379 e. The van der Waals surface area contributed by atoms with Crippen molar-refractivity contribution in [3.05, 3.63) is 35.9 Å². The molecule has 17 heavy (non-hydrogen) atoms. The SMILES string of the molecule is CCCOCCOC(Cl)C(C)c1ccccc1. The first-order valence-electron chi connectivity index (χ1n) is 6.14. The van der Waals surface area contributed by atoms with Crippen LogP contribution in [0.2, 0.25) is 0 Å². The van der Waals surface area contributed by atoms with Crippen molar-refractivity contribution in [1.29, 1.82) is 0 Å². The van der Waals surface area contributed by atoms with E-state index in [2.05, 4.69) is 26.0 Å². The Morgan fingerprint density at radius 2 is 1.82 bits per heavy atom. The maximum atomic E-state index is 6.20. The van der Waals surface area contributed by atoms with E-state index in [0.29, 0.717) is 13.2 Å². The zero-order valence-electron chi connectivity index (χ0n) is 10.6. The lowest BCUT2D eigenvalue weighted by atomic mass is 10.0. The standard InChI is InChI=1S/C14H21ClO2/c1-3-9-16-10-11-17-14(15)12(2)13-7-5-4-6-8-13/h4-8,12,14H,3,9-11H2,1-2H3. The largest absolute Gasteiger partial charge is 0.379 e. The van der Waals surface area contributed by atoms with Crippen LogP contribution in [0.25, 0.3) is 0 Å². The van der Waals surface area contributed by atoms with Crippen LogP contribution in [0.15, 0.2) is 30.3 Å². The highest BCUT2D eigenvalue weighted by Gasteiger charge is 2.16. The normalized spacial score (nSPS) is 14.5. The molecule has 0 aliphatic heterocycles. The summed E-state index contributed by atoms with van der Waals surface area (Å²) in [6.07, 6.45) is 1.03. The second kappa shape index (κ2) is 8.51. The van der Waals surface area contributed by atoms with E-state index >= 15 is 0 Å². The smallest absolute Gasteiger partial charge is 0.137 e. The summed E-state index contributed by atoms with van der Waals surface area (Å²) in [6.45, 7) is 6.09. The summed E-state index contributed by atoms with van der Waals surface area (Å²) in [5, 5.41) is 0. The average Bonchev–Trinajstić information content (AvgIpc) is 2.38. The van der Waals surface area contributed by atoms with Crippen LogP contribution in [-0.2, 0) is 9.47 Å². The first-order chi connectivity index (χ1) is 8.25. The molecule has 0 radical (unpaired) electrons. The van der Waals surface area contributed by atoms with Gasteiger partial charge in [0.25, 0.3) is 0 Å². The third-order valence-corrected chi connectivity index (χ3v) is 3.08. The second-order valence-corrected chi connectivity index (χ2v) is 4.46. The van der Waals surface area contributed by atoms with Crippen LogP contribution in [0.1, 0.15) is 31.7 Å². The molecule has 0 aliphatic rings. The molecular formula is C14H21ClO2. The van der Waals surface area contributed by atoms with Crippen LogP contribution in [0, 0.1) is 0 Å². The zero-order chi connectivity index (χ0) is 12.5. The lowest BCUT2D eigenvalue weighted by Gasteiger charge is -2.18. The number of hydrogen-bond acceptors (Lipinski definition) is 2. The quantitative estimate of drug-likeness (QED) is 0.520. The number of ether oxygens (including phenoxy) is 2. The summed E-state index contributed by atoms with van der Waals surface area (Å²) >= 11 is 6.20. The van der Waals surface area contributed by atoms with Crippen LogP contribution in [-0.4, -0.2) is 25.4 Å². The van der Waals surface area contributed by atoms with Gasteiger partial charge in [-0.3, -0.25) is 0 Å². The minimum atomic E-state index is -0.303. The van der Waals surface area contributed by atoms with Crippen molar-refractivity contribution < 1.29 is 9.47 Å². The fourth-order valence-electron chi connectivity index (χ4n) is 1.52. The molecule has 2 unspecified atom stereocenters. The molecule has 1 aromatic carbocycles. The monoisotopic (exact) mass is 256 g/mol. The number of rotatable bonds is 8. The van der Waals surface area contributed by atoms with Crippen molar-refractivity contribution in [3.8, 4) is 0 Å². The Morgan fingerprint density at radius 1 is 1.12 bits per heavy atom. The molecule has 96 valence electrons. The van der Waals surface area contributed by atoms with Crippen LogP contribution < -0.4 is 0 Å². The van der Waals surface area contributed by atoms with Gasteiger partial charge in [0, 0.05) is 12.5 Å². The third-order valence-electron chi connectivity index (χ3n) is 2.57. The van der Waals surface area contributed by atoms with Gasteiger partial charge in [-0.25, -0.2) is 0 Å². The Morgan fingerprint density at radius 3 is 2.47 bits per heavy atom. The molecule has 1 rings (SSSR count). The molecule has 0 spiro atoms. The van der Waals surface area contributed by atoms with E-state index < -0.39 is 0 Å². The molecule has 0 fully saturated rings. The van der Waals surface area contributed by atoms with Crippen LogP contribution in [0.4, 0.5) is 0 Å². The second-order valence-electron chi connectivity index (χ2n) is 4.03. The zero-order valence-corrected chi connectivity index (χ0v) is 11.3. The van der Waals surface area contributed by atoms with Crippen LogP contribution in [0.3, 0.4) is 0 Å².